The lowest BCUT2D eigenvalue weighted by molar-refractivity contribution is -0.142. The van der Waals surface area contributed by atoms with E-state index in [0.717, 1.165) is 89.5 Å². The molecular weight excluding hydrogens is 366 g/mol. The number of piperidine rings is 1. The number of hydrogen-bond donors (Lipinski definition) is 1. The largest absolute Gasteiger partial charge is 0.368 e. The summed E-state index contributed by atoms with van der Waals surface area (Å²) in [6, 6.07) is 0. The monoisotopic (exact) mass is 407 g/mol. The summed E-state index contributed by atoms with van der Waals surface area (Å²) in [5, 5.41) is 3.44. The van der Waals surface area contributed by atoms with E-state index in [-0.39, 0.29) is 12.0 Å². The van der Waals surface area contributed by atoms with Crippen molar-refractivity contribution in [3.63, 3.8) is 0 Å². The Balaban J connectivity index is 1.42. The molecular formula is C22H41N5O2. The fraction of sp³-hybridized carbons (Fsp3) is 0.909. The molecule has 7 nitrogen and oxygen atoms in total. The molecule has 0 radical (unpaired) electrons. The molecule has 0 saturated carbocycles. The summed E-state index contributed by atoms with van der Waals surface area (Å²) in [5.74, 6) is 2.80. The summed E-state index contributed by atoms with van der Waals surface area (Å²) >= 11 is 0. The van der Waals surface area contributed by atoms with Crippen LogP contribution in [0.2, 0.25) is 0 Å². The van der Waals surface area contributed by atoms with E-state index in [1.165, 1.54) is 19.5 Å². The Morgan fingerprint density at radius 3 is 2.41 bits per heavy atom. The first-order chi connectivity index (χ1) is 14.1. The normalized spacial score (nSPS) is 29.3. The number of nitrogens with zero attached hydrogens (tertiary/aromatic N) is 4. The van der Waals surface area contributed by atoms with Gasteiger partial charge in [-0.15, -0.1) is 0 Å². The van der Waals surface area contributed by atoms with Gasteiger partial charge in [-0.2, -0.15) is 0 Å². The van der Waals surface area contributed by atoms with E-state index in [9.17, 15) is 4.79 Å². The van der Waals surface area contributed by atoms with E-state index in [1.807, 2.05) is 4.90 Å². The summed E-state index contributed by atoms with van der Waals surface area (Å²) in [6.07, 6.45) is 4.14. The van der Waals surface area contributed by atoms with Crippen molar-refractivity contribution >= 4 is 11.9 Å². The maximum Gasteiger partial charge on any atom is 0.251 e. The van der Waals surface area contributed by atoms with Gasteiger partial charge in [0.25, 0.3) is 5.91 Å². The summed E-state index contributed by atoms with van der Waals surface area (Å²) in [4.78, 5) is 24.3. The third kappa shape index (κ3) is 6.57. The number of aliphatic imine (C=N–C) groups is 1. The van der Waals surface area contributed by atoms with Gasteiger partial charge >= 0.3 is 0 Å². The van der Waals surface area contributed by atoms with Gasteiger partial charge in [-0.05, 0) is 51.0 Å². The van der Waals surface area contributed by atoms with E-state index >= 15 is 0 Å². The van der Waals surface area contributed by atoms with Crippen molar-refractivity contribution in [3.8, 4) is 0 Å². The lowest BCUT2D eigenvalue weighted by atomic mass is 9.92. The molecule has 1 amide bonds. The van der Waals surface area contributed by atoms with Gasteiger partial charge in [0.1, 0.15) is 6.10 Å². The highest BCUT2D eigenvalue weighted by Crippen LogP contribution is 2.21. The molecule has 0 aromatic heterocycles. The maximum atomic E-state index is 12.5. The van der Waals surface area contributed by atoms with Crippen molar-refractivity contribution in [1.29, 1.82) is 0 Å². The molecule has 3 aliphatic heterocycles. The molecule has 3 unspecified atom stereocenters. The van der Waals surface area contributed by atoms with E-state index < -0.39 is 0 Å². The number of piperazine rings is 1. The van der Waals surface area contributed by atoms with E-state index in [0.29, 0.717) is 0 Å². The molecule has 29 heavy (non-hydrogen) atoms. The molecule has 0 spiro atoms. The fourth-order valence-corrected chi connectivity index (χ4v) is 4.99. The number of hydrogen-bond acceptors (Lipinski definition) is 4. The second-order valence-corrected chi connectivity index (χ2v) is 9.11. The van der Waals surface area contributed by atoms with Gasteiger partial charge in [-0.3, -0.25) is 9.79 Å². The predicted molar refractivity (Wildman–Crippen MR) is 117 cm³/mol. The molecule has 3 heterocycles. The lowest BCUT2D eigenvalue weighted by Gasteiger charge is -2.37. The first-order valence-corrected chi connectivity index (χ1v) is 11.7. The molecule has 3 aliphatic rings. The van der Waals surface area contributed by atoms with Crippen LogP contribution in [0, 0.1) is 11.8 Å². The number of carbonyl (C=O) groups excluding carboxylic acids is 1. The Bertz CT molecular complexity index is 531. The van der Waals surface area contributed by atoms with Crippen LogP contribution in [0.1, 0.15) is 46.5 Å². The molecule has 7 heteroatoms. The van der Waals surface area contributed by atoms with Crippen LogP contribution in [0.3, 0.4) is 0 Å². The third-order valence-electron chi connectivity index (χ3n) is 6.27. The third-order valence-corrected chi connectivity index (χ3v) is 6.27. The van der Waals surface area contributed by atoms with Crippen LogP contribution in [0.4, 0.5) is 0 Å². The van der Waals surface area contributed by atoms with Crippen molar-refractivity contribution in [2.45, 2.75) is 52.6 Å². The molecule has 3 rings (SSSR count). The number of amides is 1. The topological polar surface area (TPSA) is 60.4 Å². The van der Waals surface area contributed by atoms with Crippen molar-refractivity contribution in [2.75, 3.05) is 65.5 Å². The average molecular weight is 408 g/mol. The van der Waals surface area contributed by atoms with E-state index in [2.05, 4.69) is 35.9 Å². The van der Waals surface area contributed by atoms with Crippen LogP contribution in [-0.2, 0) is 9.53 Å². The van der Waals surface area contributed by atoms with Crippen LogP contribution < -0.4 is 5.32 Å². The first kappa shape index (κ1) is 22.3. The Kier molecular flexibility index (Phi) is 8.60. The second-order valence-electron chi connectivity index (χ2n) is 9.11. The zero-order chi connectivity index (χ0) is 20.6. The number of guanidine groups is 1. The van der Waals surface area contributed by atoms with Crippen molar-refractivity contribution < 1.29 is 9.53 Å². The molecule has 0 aromatic rings. The van der Waals surface area contributed by atoms with E-state index in [1.54, 1.807) is 0 Å². The van der Waals surface area contributed by atoms with Gasteiger partial charge in [0.15, 0.2) is 5.96 Å². The molecule has 0 aromatic carbocycles. The summed E-state index contributed by atoms with van der Waals surface area (Å²) < 4.78 is 5.56. The Labute approximate surface area is 176 Å². The Morgan fingerprint density at radius 1 is 1.10 bits per heavy atom. The van der Waals surface area contributed by atoms with Crippen LogP contribution in [0.15, 0.2) is 4.99 Å². The Morgan fingerprint density at radius 2 is 1.79 bits per heavy atom. The second kappa shape index (κ2) is 11.2. The van der Waals surface area contributed by atoms with Crippen LogP contribution in [0.5, 0.6) is 0 Å². The highest BCUT2D eigenvalue weighted by Gasteiger charge is 2.31. The highest BCUT2D eigenvalue weighted by atomic mass is 16.5. The molecule has 3 atom stereocenters. The highest BCUT2D eigenvalue weighted by molar-refractivity contribution is 5.82. The number of rotatable bonds is 6. The molecule has 0 bridgehead atoms. The zero-order valence-corrected chi connectivity index (χ0v) is 18.7. The molecule has 166 valence electrons. The van der Waals surface area contributed by atoms with Crippen LogP contribution in [0.25, 0.3) is 0 Å². The molecule has 3 fully saturated rings. The van der Waals surface area contributed by atoms with Gasteiger partial charge in [-0.1, -0.05) is 13.8 Å². The summed E-state index contributed by atoms with van der Waals surface area (Å²) in [5.41, 5.74) is 0. The number of likely N-dealkylation sites (tertiary alicyclic amines) is 1. The lowest BCUT2D eigenvalue weighted by Crippen LogP contribution is -2.55. The number of carbonyl (C=O) groups is 1. The summed E-state index contributed by atoms with van der Waals surface area (Å²) in [6.45, 7) is 16.1. The minimum Gasteiger partial charge on any atom is -0.368 e. The number of ether oxygens (including phenoxy) is 1. The minimum atomic E-state index is -0.205. The smallest absolute Gasteiger partial charge is 0.251 e. The molecule has 1 N–H and O–H groups in total. The van der Waals surface area contributed by atoms with Gasteiger partial charge in [0, 0.05) is 59.0 Å². The molecule has 0 aliphatic carbocycles. The van der Waals surface area contributed by atoms with Gasteiger partial charge in [0.2, 0.25) is 0 Å². The van der Waals surface area contributed by atoms with Gasteiger partial charge in [0.05, 0.1) is 0 Å². The Hall–Kier alpha value is -1.34. The van der Waals surface area contributed by atoms with E-state index in [4.69, 9.17) is 9.73 Å². The van der Waals surface area contributed by atoms with Gasteiger partial charge in [-0.25, -0.2) is 0 Å². The predicted octanol–water partition coefficient (Wildman–Crippen LogP) is 1.64. The number of nitrogens with one attached hydrogen (secondary N) is 1. The van der Waals surface area contributed by atoms with Crippen LogP contribution in [-0.4, -0.2) is 98.2 Å². The fourth-order valence-electron chi connectivity index (χ4n) is 4.99. The van der Waals surface area contributed by atoms with Gasteiger partial charge < -0.3 is 24.8 Å². The first-order valence-electron chi connectivity index (χ1n) is 11.7. The molecule has 3 saturated heterocycles. The van der Waals surface area contributed by atoms with Crippen molar-refractivity contribution in [2.24, 2.45) is 16.8 Å². The van der Waals surface area contributed by atoms with Crippen molar-refractivity contribution in [3.05, 3.63) is 0 Å². The minimum absolute atomic E-state index is 0.175. The summed E-state index contributed by atoms with van der Waals surface area (Å²) in [7, 11) is 0. The quantitative estimate of drug-likeness (QED) is 0.412. The van der Waals surface area contributed by atoms with Crippen LogP contribution >= 0.6 is 0 Å². The standard InChI is InChI=1S/C22H41N5O2/c1-4-23-22(24-8-6-9-25-16-18(2)15-19(3)17-25)27-12-10-26(11-13-27)21(28)20-7-5-14-29-20/h18-20H,4-17H2,1-3H3,(H,23,24). The van der Waals surface area contributed by atoms with Crippen molar-refractivity contribution in [1.82, 2.24) is 20.0 Å². The average Bonchev–Trinajstić information content (AvgIpc) is 3.24. The maximum absolute atomic E-state index is 12.5. The SMILES string of the molecule is CCNC(=NCCCN1CC(C)CC(C)C1)N1CCN(C(=O)C2CCCO2)CC1. The zero-order valence-electron chi connectivity index (χ0n) is 18.7.